The quantitative estimate of drug-likeness (QED) is 0.103. The summed E-state index contributed by atoms with van der Waals surface area (Å²) in [5, 5.41) is 0. The zero-order valence-electron chi connectivity index (χ0n) is 31.0. The van der Waals surface area contributed by atoms with Crippen molar-refractivity contribution in [3.8, 4) is 44.5 Å². The van der Waals surface area contributed by atoms with Crippen LogP contribution in [0.5, 0.6) is 0 Å². The van der Waals surface area contributed by atoms with Crippen molar-refractivity contribution in [1.82, 2.24) is 0 Å². The van der Waals surface area contributed by atoms with Gasteiger partial charge in [0.05, 0.1) is 0 Å². The Morgan fingerprint density at radius 2 is 0.700 bits per heavy atom. The molecule has 254 valence electrons. The van der Waals surface area contributed by atoms with Gasteiger partial charge in [-0.3, -0.25) is 0 Å². The molecule has 0 radical (unpaired) electrons. The molecule has 6 aromatic carbocycles. The summed E-state index contributed by atoms with van der Waals surface area (Å²) in [4.78, 5) is 0. The lowest BCUT2D eigenvalue weighted by Gasteiger charge is -2.13. The molecule has 0 nitrogen and oxygen atoms in total. The molecule has 0 unspecified atom stereocenters. The van der Waals surface area contributed by atoms with Crippen LogP contribution >= 0.6 is 0 Å². The first kappa shape index (κ1) is 35.2. The van der Waals surface area contributed by atoms with Crippen LogP contribution in [0.4, 0.5) is 0 Å². The van der Waals surface area contributed by atoms with E-state index in [9.17, 15) is 0 Å². The van der Waals surface area contributed by atoms with Crippen LogP contribution in [0.15, 0.2) is 127 Å². The molecule has 0 aliphatic heterocycles. The molecular formula is C50H54. The van der Waals surface area contributed by atoms with Crippen molar-refractivity contribution in [1.29, 1.82) is 0 Å². The van der Waals surface area contributed by atoms with E-state index in [0.717, 1.165) is 0 Å². The Balaban J connectivity index is 0.888. The van der Waals surface area contributed by atoms with Crippen LogP contribution in [0.2, 0.25) is 0 Å². The molecule has 0 aromatic heterocycles. The highest BCUT2D eigenvalue weighted by Crippen LogP contribution is 2.32. The molecule has 50 heavy (non-hydrogen) atoms. The van der Waals surface area contributed by atoms with Gasteiger partial charge in [0.25, 0.3) is 0 Å². The Labute approximate surface area is 302 Å². The standard InChI is InChI=1S/C50H54/c1-36-15-13-19-45(31-36)43-23-25-44(26-24-43)48-28-21-41(33-38(48)3)17-11-9-7-6-8-10-12-18-42-22-29-49(39(4)34-42)47-27-30-50(40(5)35-47)46-20-14-16-37(2)32-46/h13-16,19-35H,6-12,17-18H2,1-5H3. The number of hydrogen-bond acceptors (Lipinski definition) is 0. The fourth-order valence-electron chi connectivity index (χ4n) is 7.59. The minimum Gasteiger partial charge on any atom is -0.0614 e. The summed E-state index contributed by atoms with van der Waals surface area (Å²) in [7, 11) is 0. The average Bonchev–Trinajstić information content (AvgIpc) is 3.11. The van der Waals surface area contributed by atoms with E-state index < -0.39 is 0 Å². The highest BCUT2D eigenvalue weighted by atomic mass is 14.1. The van der Waals surface area contributed by atoms with Crippen LogP contribution < -0.4 is 0 Å². The van der Waals surface area contributed by atoms with Gasteiger partial charge in [-0.1, -0.05) is 171 Å². The molecule has 6 rings (SSSR count). The molecule has 0 N–H and O–H groups in total. The van der Waals surface area contributed by atoms with Crippen molar-refractivity contribution in [3.05, 3.63) is 166 Å². The predicted molar refractivity (Wildman–Crippen MR) is 218 cm³/mol. The number of unbranched alkanes of at least 4 members (excludes halogenated alkanes) is 6. The van der Waals surface area contributed by atoms with Crippen LogP contribution in [-0.2, 0) is 12.8 Å². The van der Waals surface area contributed by atoms with Crippen LogP contribution in [-0.4, -0.2) is 0 Å². The summed E-state index contributed by atoms with van der Waals surface area (Å²) >= 11 is 0. The third-order valence-electron chi connectivity index (χ3n) is 10.4. The second kappa shape index (κ2) is 16.8. The second-order valence-electron chi connectivity index (χ2n) is 14.6. The second-order valence-corrected chi connectivity index (χ2v) is 14.6. The summed E-state index contributed by atoms with van der Waals surface area (Å²) in [5.41, 5.74) is 20.1. The molecular weight excluding hydrogens is 601 g/mol. The van der Waals surface area contributed by atoms with Gasteiger partial charge in [0.15, 0.2) is 0 Å². The molecule has 0 heteroatoms. The fraction of sp³-hybridized carbons (Fsp3) is 0.280. The maximum Gasteiger partial charge on any atom is -0.0154 e. The Bertz CT molecular complexity index is 2020. The molecule has 0 heterocycles. The van der Waals surface area contributed by atoms with Crippen LogP contribution in [0, 0.1) is 34.6 Å². The molecule has 0 fully saturated rings. The van der Waals surface area contributed by atoms with E-state index in [2.05, 4.69) is 162 Å². The Kier molecular flexibility index (Phi) is 11.8. The van der Waals surface area contributed by atoms with Crippen molar-refractivity contribution in [2.24, 2.45) is 0 Å². The molecule has 0 amide bonds. The molecule has 0 spiro atoms. The van der Waals surface area contributed by atoms with Crippen molar-refractivity contribution in [2.45, 2.75) is 92.4 Å². The van der Waals surface area contributed by atoms with Crippen LogP contribution in [0.3, 0.4) is 0 Å². The fourth-order valence-corrected chi connectivity index (χ4v) is 7.59. The lowest BCUT2D eigenvalue weighted by molar-refractivity contribution is 0.579. The predicted octanol–water partition coefficient (Wildman–Crippen LogP) is 14.4. The smallest absolute Gasteiger partial charge is 0.0154 e. The summed E-state index contributed by atoms with van der Waals surface area (Å²) < 4.78 is 0. The summed E-state index contributed by atoms with van der Waals surface area (Å²) in [6, 6.07) is 47.7. The molecule has 0 aliphatic rings. The zero-order valence-corrected chi connectivity index (χ0v) is 31.0. The molecule has 6 aromatic rings. The van der Waals surface area contributed by atoms with Gasteiger partial charge in [-0.2, -0.15) is 0 Å². The van der Waals surface area contributed by atoms with E-state index in [4.69, 9.17) is 0 Å². The number of rotatable bonds is 14. The van der Waals surface area contributed by atoms with Gasteiger partial charge < -0.3 is 0 Å². The Morgan fingerprint density at radius 1 is 0.300 bits per heavy atom. The number of aryl methyl sites for hydroxylation is 7. The monoisotopic (exact) mass is 654 g/mol. The average molecular weight is 655 g/mol. The van der Waals surface area contributed by atoms with E-state index in [1.165, 1.54) is 141 Å². The topological polar surface area (TPSA) is 0 Å². The molecule has 0 saturated carbocycles. The summed E-state index contributed by atoms with van der Waals surface area (Å²) in [6.07, 6.45) is 11.6. The van der Waals surface area contributed by atoms with Gasteiger partial charge in [0.2, 0.25) is 0 Å². The summed E-state index contributed by atoms with van der Waals surface area (Å²) in [5.74, 6) is 0. The third kappa shape index (κ3) is 9.10. The maximum absolute atomic E-state index is 2.41. The Morgan fingerprint density at radius 3 is 1.22 bits per heavy atom. The lowest BCUT2D eigenvalue weighted by Crippen LogP contribution is -1.92. The van der Waals surface area contributed by atoms with Crippen molar-refractivity contribution >= 4 is 0 Å². The third-order valence-corrected chi connectivity index (χ3v) is 10.4. The van der Waals surface area contributed by atoms with Gasteiger partial charge in [0.1, 0.15) is 0 Å². The highest BCUT2D eigenvalue weighted by Gasteiger charge is 2.09. The van der Waals surface area contributed by atoms with E-state index in [0.29, 0.717) is 0 Å². The normalized spacial score (nSPS) is 11.2. The van der Waals surface area contributed by atoms with E-state index in [1.54, 1.807) is 0 Å². The first-order chi connectivity index (χ1) is 24.3. The maximum atomic E-state index is 2.41. The van der Waals surface area contributed by atoms with E-state index in [1.807, 2.05) is 0 Å². The number of benzene rings is 6. The minimum atomic E-state index is 1.18. The molecule has 0 saturated heterocycles. The van der Waals surface area contributed by atoms with Gasteiger partial charge in [-0.05, 0) is 133 Å². The number of hydrogen-bond donors (Lipinski definition) is 0. The Hall–Kier alpha value is -4.68. The van der Waals surface area contributed by atoms with Crippen LogP contribution in [0.1, 0.15) is 83.9 Å². The SMILES string of the molecule is Cc1cccc(-c2ccc(-c3ccc(CCCCCCCCCc4ccc(-c5ccc(-c6cccc(C)c6)c(C)c5)c(C)c4)cc3C)cc2)c1. The van der Waals surface area contributed by atoms with E-state index in [-0.39, 0.29) is 0 Å². The summed E-state index contributed by atoms with van der Waals surface area (Å²) in [6.45, 7) is 11.1. The van der Waals surface area contributed by atoms with Gasteiger partial charge in [-0.25, -0.2) is 0 Å². The largest absolute Gasteiger partial charge is 0.0614 e. The van der Waals surface area contributed by atoms with Crippen molar-refractivity contribution < 1.29 is 0 Å². The minimum absolute atomic E-state index is 1.18. The first-order valence-corrected chi connectivity index (χ1v) is 18.9. The van der Waals surface area contributed by atoms with Gasteiger partial charge in [0, 0.05) is 0 Å². The van der Waals surface area contributed by atoms with Crippen LogP contribution in [0.25, 0.3) is 44.5 Å². The van der Waals surface area contributed by atoms with Crippen molar-refractivity contribution in [2.75, 3.05) is 0 Å². The molecule has 0 aliphatic carbocycles. The van der Waals surface area contributed by atoms with Crippen molar-refractivity contribution in [3.63, 3.8) is 0 Å². The highest BCUT2D eigenvalue weighted by molar-refractivity contribution is 5.76. The lowest BCUT2D eigenvalue weighted by atomic mass is 9.92. The molecule has 0 bridgehead atoms. The van der Waals surface area contributed by atoms with Gasteiger partial charge >= 0.3 is 0 Å². The first-order valence-electron chi connectivity index (χ1n) is 18.9. The van der Waals surface area contributed by atoms with E-state index >= 15 is 0 Å². The van der Waals surface area contributed by atoms with Gasteiger partial charge in [-0.15, -0.1) is 0 Å². The zero-order chi connectivity index (χ0) is 34.9. The molecule has 0 atom stereocenters.